The highest BCUT2D eigenvalue weighted by Gasteiger charge is 2.02. The summed E-state index contributed by atoms with van der Waals surface area (Å²) in [6.45, 7) is 1.96. The minimum Gasteiger partial charge on any atom is -0.359 e. The van der Waals surface area contributed by atoms with Crippen LogP contribution in [0.4, 0.5) is 5.69 Å². The number of hydrogen-bond donors (Lipinski definition) is 2. The predicted octanol–water partition coefficient (Wildman–Crippen LogP) is 1.71. The number of amides is 2. The van der Waals surface area contributed by atoms with Crippen molar-refractivity contribution in [1.82, 2.24) is 5.32 Å². The van der Waals surface area contributed by atoms with Crippen molar-refractivity contribution in [3.63, 3.8) is 0 Å². The molecule has 0 spiro atoms. The van der Waals surface area contributed by atoms with Gasteiger partial charge in [0.1, 0.15) is 0 Å². The minimum atomic E-state index is -0.0206. The highest BCUT2D eigenvalue weighted by molar-refractivity contribution is 5.90. The van der Waals surface area contributed by atoms with Crippen LogP contribution in [0.5, 0.6) is 0 Å². The van der Waals surface area contributed by atoms with E-state index < -0.39 is 0 Å². The number of anilines is 1. The zero-order valence-electron chi connectivity index (χ0n) is 10.2. The summed E-state index contributed by atoms with van der Waals surface area (Å²) in [7, 11) is 1.61. The Morgan fingerprint density at radius 2 is 1.76 bits per heavy atom. The van der Waals surface area contributed by atoms with Gasteiger partial charge in [-0.1, -0.05) is 19.1 Å². The predicted molar refractivity (Wildman–Crippen MR) is 67.8 cm³/mol. The van der Waals surface area contributed by atoms with Gasteiger partial charge in [-0.2, -0.15) is 0 Å². The van der Waals surface area contributed by atoms with Crippen LogP contribution in [0.3, 0.4) is 0 Å². The molecule has 92 valence electrons. The fourth-order valence-corrected chi connectivity index (χ4v) is 1.43. The lowest BCUT2D eigenvalue weighted by molar-refractivity contribution is -0.120. The summed E-state index contributed by atoms with van der Waals surface area (Å²) >= 11 is 0. The third-order valence-corrected chi connectivity index (χ3v) is 2.36. The Morgan fingerprint density at radius 1 is 1.12 bits per heavy atom. The molecule has 0 atom stereocenters. The van der Waals surface area contributed by atoms with Crippen molar-refractivity contribution in [1.29, 1.82) is 0 Å². The second-order valence-electron chi connectivity index (χ2n) is 3.85. The third kappa shape index (κ3) is 4.68. The van der Waals surface area contributed by atoms with E-state index in [1.165, 1.54) is 0 Å². The number of hydrogen-bond acceptors (Lipinski definition) is 2. The molecular weight excluding hydrogens is 216 g/mol. The Hall–Kier alpha value is -1.84. The van der Waals surface area contributed by atoms with Crippen LogP contribution in [-0.4, -0.2) is 18.9 Å². The lowest BCUT2D eigenvalue weighted by Crippen LogP contribution is -2.19. The fraction of sp³-hybridized carbons (Fsp3) is 0.385. The molecule has 0 aliphatic heterocycles. The summed E-state index contributed by atoms with van der Waals surface area (Å²) in [5.41, 5.74) is 1.70. The molecule has 2 N–H and O–H groups in total. The fourth-order valence-electron chi connectivity index (χ4n) is 1.43. The lowest BCUT2D eigenvalue weighted by atomic mass is 10.1. The van der Waals surface area contributed by atoms with E-state index in [0.717, 1.165) is 17.7 Å². The number of rotatable bonds is 5. The molecule has 0 radical (unpaired) electrons. The van der Waals surface area contributed by atoms with Gasteiger partial charge in [-0.05, 0) is 24.1 Å². The van der Waals surface area contributed by atoms with Crippen LogP contribution < -0.4 is 10.6 Å². The molecule has 0 saturated heterocycles. The van der Waals surface area contributed by atoms with Crippen LogP contribution in [0.15, 0.2) is 24.3 Å². The monoisotopic (exact) mass is 234 g/mol. The smallest absolute Gasteiger partial charge is 0.224 e. The molecule has 0 aliphatic carbocycles. The van der Waals surface area contributed by atoms with E-state index in [0.29, 0.717) is 12.8 Å². The maximum absolute atomic E-state index is 11.3. The van der Waals surface area contributed by atoms with Crippen molar-refractivity contribution in [3.8, 4) is 0 Å². The van der Waals surface area contributed by atoms with E-state index in [-0.39, 0.29) is 11.8 Å². The molecule has 0 unspecified atom stereocenters. The first-order valence-corrected chi connectivity index (χ1v) is 5.75. The van der Waals surface area contributed by atoms with Crippen molar-refractivity contribution >= 4 is 17.5 Å². The molecule has 1 aromatic carbocycles. The second-order valence-corrected chi connectivity index (χ2v) is 3.85. The first-order valence-electron chi connectivity index (χ1n) is 5.75. The molecule has 0 bridgehead atoms. The van der Waals surface area contributed by atoms with Gasteiger partial charge in [0, 0.05) is 19.2 Å². The highest BCUT2D eigenvalue weighted by atomic mass is 16.2. The van der Waals surface area contributed by atoms with E-state index in [4.69, 9.17) is 0 Å². The summed E-state index contributed by atoms with van der Waals surface area (Å²) < 4.78 is 0. The first-order chi connectivity index (χ1) is 8.15. The number of likely N-dealkylation sites (N-methyl/N-ethyl adjacent to an activating group) is 1. The Morgan fingerprint density at radius 3 is 2.29 bits per heavy atom. The van der Waals surface area contributed by atoms with E-state index in [2.05, 4.69) is 10.6 Å². The van der Waals surface area contributed by atoms with Gasteiger partial charge < -0.3 is 10.6 Å². The Bertz CT molecular complexity index is 385. The molecule has 1 aromatic rings. The van der Waals surface area contributed by atoms with Gasteiger partial charge in [-0.3, -0.25) is 9.59 Å². The van der Waals surface area contributed by atoms with Gasteiger partial charge in [0.15, 0.2) is 0 Å². The molecule has 4 heteroatoms. The Kier molecular flexibility index (Phi) is 5.20. The molecule has 0 saturated carbocycles. The first kappa shape index (κ1) is 13.2. The topological polar surface area (TPSA) is 58.2 Å². The molecule has 4 nitrogen and oxygen atoms in total. The number of carbonyl (C=O) groups excluding carboxylic acids is 2. The van der Waals surface area contributed by atoms with Crippen molar-refractivity contribution in [2.24, 2.45) is 0 Å². The highest BCUT2D eigenvalue weighted by Crippen LogP contribution is 2.10. The minimum absolute atomic E-state index is 0.0200. The molecular formula is C13H18N2O2. The largest absolute Gasteiger partial charge is 0.359 e. The summed E-state index contributed by atoms with van der Waals surface area (Å²) in [6.07, 6.45) is 1.72. The summed E-state index contributed by atoms with van der Waals surface area (Å²) in [6, 6.07) is 7.31. The maximum Gasteiger partial charge on any atom is 0.224 e. The van der Waals surface area contributed by atoms with Crippen LogP contribution in [0, 0.1) is 0 Å². The quantitative estimate of drug-likeness (QED) is 0.815. The standard InChI is InChI=1S/C13H18N2O2/c1-3-4-12(16)15-11-7-5-10(6-8-11)9-13(17)14-2/h5-8H,3-4,9H2,1-2H3,(H,14,17)(H,15,16). The van der Waals surface area contributed by atoms with Gasteiger partial charge in [-0.25, -0.2) is 0 Å². The molecule has 17 heavy (non-hydrogen) atoms. The summed E-state index contributed by atoms with van der Waals surface area (Å²) in [5.74, 6) is -0.000630. The second kappa shape index (κ2) is 6.68. The number of carbonyl (C=O) groups is 2. The normalized spacial score (nSPS) is 9.76. The average Bonchev–Trinajstić information content (AvgIpc) is 2.32. The molecule has 2 amide bonds. The van der Waals surface area contributed by atoms with E-state index in [1.54, 1.807) is 7.05 Å². The molecule has 0 heterocycles. The van der Waals surface area contributed by atoms with Crippen molar-refractivity contribution in [2.75, 3.05) is 12.4 Å². The van der Waals surface area contributed by atoms with Gasteiger partial charge in [0.2, 0.25) is 11.8 Å². The van der Waals surface area contributed by atoms with E-state index in [1.807, 2.05) is 31.2 Å². The molecule has 0 fully saturated rings. The number of benzene rings is 1. The third-order valence-electron chi connectivity index (χ3n) is 2.36. The molecule has 0 aromatic heterocycles. The summed E-state index contributed by atoms with van der Waals surface area (Å²) in [4.78, 5) is 22.5. The van der Waals surface area contributed by atoms with Crippen molar-refractivity contribution in [3.05, 3.63) is 29.8 Å². The van der Waals surface area contributed by atoms with E-state index >= 15 is 0 Å². The average molecular weight is 234 g/mol. The Labute approximate surface area is 101 Å². The summed E-state index contributed by atoms with van der Waals surface area (Å²) in [5, 5.41) is 5.37. The Balaban J connectivity index is 2.55. The van der Waals surface area contributed by atoms with Crippen LogP contribution in [-0.2, 0) is 16.0 Å². The van der Waals surface area contributed by atoms with E-state index in [9.17, 15) is 9.59 Å². The maximum atomic E-state index is 11.3. The van der Waals surface area contributed by atoms with Crippen LogP contribution in [0.1, 0.15) is 25.3 Å². The van der Waals surface area contributed by atoms with Crippen molar-refractivity contribution in [2.45, 2.75) is 26.2 Å². The zero-order valence-corrected chi connectivity index (χ0v) is 10.2. The van der Waals surface area contributed by atoms with Gasteiger partial charge >= 0.3 is 0 Å². The van der Waals surface area contributed by atoms with Crippen LogP contribution >= 0.6 is 0 Å². The van der Waals surface area contributed by atoms with Crippen LogP contribution in [0.25, 0.3) is 0 Å². The van der Waals surface area contributed by atoms with Crippen LogP contribution in [0.2, 0.25) is 0 Å². The van der Waals surface area contributed by atoms with Gasteiger partial charge in [0.25, 0.3) is 0 Å². The van der Waals surface area contributed by atoms with Crippen molar-refractivity contribution < 1.29 is 9.59 Å². The SMILES string of the molecule is CCCC(=O)Nc1ccc(CC(=O)NC)cc1. The van der Waals surface area contributed by atoms with Gasteiger partial charge in [-0.15, -0.1) is 0 Å². The lowest BCUT2D eigenvalue weighted by Gasteiger charge is -2.05. The van der Waals surface area contributed by atoms with Gasteiger partial charge in [0.05, 0.1) is 6.42 Å². The zero-order chi connectivity index (χ0) is 12.7. The molecule has 1 rings (SSSR count). The molecule has 0 aliphatic rings. The number of nitrogens with one attached hydrogen (secondary N) is 2.